The average molecular weight is 311 g/mol. The monoisotopic (exact) mass is 310 g/mol. The Morgan fingerprint density at radius 1 is 1.00 bits per heavy atom. The smallest absolute Gasteiger partial charge is 0.197 e. The average Bonchev–Trinajstić information content (AvgIpc) is 2.25. The topological polar surface area (TPSA) is 104 Å². The third-order valence-electron chi connectivity index (χ3n) is 2.28. The molecule has 0 radical (unpaired) electrons. The van der Waals surface area contributed by atoms with Gasteiger partial charge in [-0.05, 0) is 11.8 Å². The summed E-state index contributed by atoms with van der Waals surface area (Å²) in [4.78, 5) is 16.9. The van der Waals surface area contributed by atoms with Gasteiger partial charge >= 0.3 is 0 Å². The fourth-order valence-electron chi connectivity index (χ4n) is 1.39. The molecular formula is C12H15ClN6S. The minimum atomic E-state index is -0.199. The summed E-state index contributed by atoms with van der Waals surface area (Å²) >= 11 is 7.27. The van der Waals surface area contributed by atoms with Crippen LogP contribution in [-0.2, 0) is 5.41 Å². The van der Waals surface area contributed by atoms with Crippen molar-refractivity contribution in [2.45, 2.75) is 36.4 Å². The molecule has 0 aliphatic carbocycles. The second-order valence-corrected chi connectivity index (χ2v) is 6.58. The van der Waals surface area contributed by atoms with Crippen LogP contribution in [0.4, 0.5) is 11.6 Å². The molecule has 0 aliphatic rings. The summed E-state index contributed by atoms with van der Waals surface area (Å²) in [6.07, 6.45) is 0. The molecule has 2 aromatic rings. The van der Waals surface area contributed by atoms with E-state index in [-0.39, 0.29) is 5.41 Å². The zero-order valence-electron chi connectivity index (χ0n) is 11.4. The van der Waals surface area contributed by atoms with Gasteiger partial charge in [-0.1, -0.05) is 32.4 Å². The van der Waals surface area contributed by atoms with E-state index >= 15 is 0 Å². The zero-order valence-corrected chi connectivity index (χ0v) is 13.0. The van der Waals surface area contributed by atoms with Gasteiger partial charge < -0.3 is 11.5 Å². The number of nitrogen functional groups attached to an aromatic ring is 2. The Morgan fingerprint density at radius 3 is 2.15 bits per heavy atom. The van der Waals surface area contributed by atoms with Crippen molar-refractivity contribution < 1.29 is 0 Å². The Kier molecular flexibility index (Phi) is 4.01. The third-order valence-corrected chi connectivity index (χ3v) is 3.26. The van der Waals surface area contributed by atoms with Crippen LogP contribution in [0.15, 0.2) is 22.3 Å². The van der Waals surface area contributed by atoms with E-state index in [0.29, 0.717) is 32.8 Å². The van der Waals surface area contributed by atoms with Gasteiger partial charge in [0, 0.05) is 17.5 Å². The van der Waals surface area contributed by atoms with Gasteiger partial charge in [0.15, 0.2) is 5.16 Å². The molecule has 0 atom stereocenters. The summed E-state index contributed by atoms with van der Waals surface area (Å²) in [5.41, 5.74) is 11.1. The lowest BCUT2D eigenvalue weighted by atomic mass is 9.96. The minimum Gasteiger partial charge on any atom is -0.383 e. The van der Waals surface area contributed by atoms with Crippen LogP contribution < -0.4 is 11.5 Å². The minimum absolute atomic E-state index is 0.199. The molecule has 0 spiro atoms. The number of rotatable bonds is 2. The molecule has 0 aliphatic heterocycles. The van der Waals surface area contributed by atoms with Crippen molar-refractivity contribution in [2.24, 2.45) is 0 Å². The number of nitrogens with zero attached hydrogens (tertiary/aromatic N) is 4. The first-order valence-electron chi connectivity index (χ1n) is 5.87. The summed E-state index contributed by atoms with van der Waals surface area (Å²) in [6.45, 7) is 6.05. The Hall–Kier alpha value is -1.60. The van der Waals surface area contributed by atoms with Crippen molar-refractivity contribution in [3.63, 3.8) is 0 Å². The van der Waals surface area contributed by atoms with E-state index in [1.54, 1.807) is 6.07 Å². The molecule has 2 aromatic heterocycles. The van der Waals surface area contributed by atoms with Crippen LogP contribution in [0.25, 0.3) is 0 Å². The van der Waals surface area contributed by atoms with E-state index in [0.717, 1.165) is 0 Å². The van der Waals surface area contributed by atoms with Crippen LogP contribution in [0.2, 0.25) is 5.15 Å². The predicted octanol–water partition coefficient (Wildman–Crippen LogP) is 2.53. The summed E-state index contributed by atoms with van der Waals surface area (Å²) in [5.74, 6) is 1.29. The number of nitrogens with two attached hydrogens (primary N) is 2. The van der Waals surface area contributed by atoms with Crippen LogP contribution in [0.1, 0.15) is 26.6 Å². The molecule has 8 heteroatoms. The first kappa shape index (κ1) is 14.8. The van der Waals surface area contributed by atoms with Gasteiger partial charge in [-0.2, -0.15) is 0 Å². The van der Waals surface area contributed by atoms with Gasteiger partial charge in [-0.25, -0.2) is 19.9 Å². The Balaban J connectivity index is 2.36. The maximum Gasteiger partial charge on any atom is 0.197 e. The molecule has 0 amide bonds. The third kappa shape index (κ3) is 3.71. The van der Waals surface area contributed by atoms with Gasteiger partial charge in [0.25, 0.3) is 0 Å². The number of hydrogen-bond acceptors (Lipinski definition) is 7. The van der Waals surface area contributed by atoms with Crippen molar-refractivity contribution in [1.29, 1.82) is 0 Å². The number of aromatic nitrogens is 4. The van der Waals surface area contributed by atoms with E-state index in [4.69, 9.17) is 23.1 Å². The molecule has 0 saturated carbocycles. The summed E-state index contributed by atoms with van der Waals surface area (Å²) < 4.78 is 0. The molecular weight excluding hydrogens is 296 g/mol. The summed E-state index contributed by atoms with van der Waals surface area (Å²) in [6, 6.07) is 3.15. The van der Waals surface area contributed by atoms with Gasteiger partial charge in [-0.15, -0.1) is 0 Å². The molecule has 6 nitrogen and oxygen atoms in total. The first-order valence-corrected chi connectivity index (χ1v) is 7.06. The van der Waals surface area contributed by atoms with Crippen LogP contribution in [-0.4, -0.2) is 19.9 Å². The molecule has 0 fully saturated rings. The highest BCUT2D eigenvalue weighted by Crippen LogP contribution is 2.28. The van der Waals surface area contributed by atoms with Crippen LogP contribution in [0.3, 0.4) is 0 Å². The lowest BCUT2D eigenvalue weighted by Crippen LogP contribution is -2.16. The Bertz CT molecular complexity index is 620. The van der Waals surface area contributed by atoms with E-state index in [1.807, 2.05) is 20.8 Å². The van der Waals surface area contributed by atoms with E-state index in [2.05, 4.69) is 19.9 Å². The molecule has 4 N–H and O–H groups in total. The van der Waals surface area contributed by atoms with Gasteiger partial charge in [0.1, 0.15) is 27.6 Å². The molecule has 2 rings (SSSR count). The zero-order chi connectivity index (χ0) is 14.9. The number of hydrogen-bond donors (Lipinski definition) is 2. The normalized spacial score (nSPS) is 11.6. The van der Waals surface area contributed by atoms with Crippen LogP contribution in [0, 0.1) is 0 Å². The number of anilines is 2. The molecule has 2 heterocycles. The Labute approximate surface area is 126 Å². The molecule has 0 unspecified atom stereocenters. The molecule has 106 valence electrons. The second-order valence-electron chi connectivity index (χ2n) is 5.20. The summed E-state index contributed by atoms with van der Waals surface area (Å²) in [5, 5.41) is 1.46. The quantitative estimate of drug-likeness (QED) is 0.648. The van der Waals surface area contributed by atoms with Crippen LogP contribution >= 0.6 is 23.4 Å². The highest BCUT2D eigenvalue weighted by atomic mass is 35.5. The van der Waals surface area contributed by atoms with Crippen molar-refractivity contribution in [3.8, 4) is 0 Å². The van der Waals surface area contributed by atoms with Crippen molar-refractivity contribution in [3.05, 3.63) is 23.1 Å². The largest absolute Gasteiger partial charge is 0.383 e. The number of halogens is 1. The van der Waals surface area contributed by atoms with Gasteiger partial charge in [-0.3, -0.25) is 0 Å². The van der Waals surface area contributed by atoms with Gasteiger partial charge in [0.2, 0.25) is 0 Å². The van der Waals surface area contributed by atoms with Crippen molar-refractivity contribution in [2.75, 3.05) is 11.5 Å². The molecule has 0 bridgehead atoms. The molecule has 20 heavy (non-hydrogen) atoms. The predicted molar refractivity (Wildman–Crippen MR) is 80.7 cm³/mol. The van der Waals surface area contributed by atoms with Crippen molar-refractivity contribution in [1.82, 2.24) is 19.9 Å². The van der Waals surface area contributed by atoms with Crippen LogP contribution in [0.5, 0.6) is 0 Å². The fraction of sp³-hybridized carbons (Fsp3) is 0.333. The Morgan fingerprint density at radius 2 is 1.60 bits per heavy atom. The second kappa shape index (κ2) is 5.41. The van der Waals surface area contributed by atoms with E-state index in [1.165, 1.54) is 17.8 Å². The maximum atomic E-state index is 6.03. The maximum absolute atomic E-state index is 6.03. The highest BCUT2D eigenvalue weighted by molar-refractivity contribution is 7.99. The fourth-order valence-corrected chi connectivity index (χ4v) is 2.43. The molecule has 0 aromatic carbocycles. The summed E-state index contributed by atoms with van der Waals surface area (Å²) in [7, 11) is 0. The standard InChI is InChI=1S/C12H15ClN6S/c1-12(2,3)10-16-6(13)4-9(19-10)20-11-17-7(14)5-8(15)18-11/h4-5H,1-3H3,(H4,14,15,17,18). The van der Waals surface area contributed by atoms with Crippen molar-refractivity contribution >= 4 is 35.0 Å². The van der Waals surface area contributed by atoms with E-state index in [9.17, 15) is 0 Å². The van der Waals surface area contributed by atoms with Gasteiger partial charge in [0.05, 0.1) is 0 Å². The van der Waals surface area contributed by atoms with E-state index < -0.39 is 0 Å². The lowest BCUT2D eigenvalue weighted by Gasteiger charge is -2.17. The highest BCUT2D eigenvalue weighted by Gasteiger charge is 2.19. The SMILES string of the molecule is CC(C)(C)c1nc(Cl)cc(Sc2nc(N)cc(N)n2)n1. The first-order chi connectivity index (χ1) is 9.24. The lowest BCUT2D eigenvalue weighted by molar-refractivity contribution is 0.538. The molecule has 0 saturated heterocycles.